The van der Waals surface area contributed by atoms with E-state index in [1.54, 1.807) is 36.4 Å². The van der Waals surface area contributed by atoms with E-state index in [-0.39, 0.29) is 17.4 Å². The number of hydrogen-bond acceptors (Lipinski definition) is 6. The van der Waals surface area contributed by atoms with Gasteiger partial charge in [-0.05, 0) is 49.2 Å². The van der Waals surface area contributed by atoms with Crippen LogP contribution < -0.4 is 10.1 Å². The normalized spacial score (nSPS) is 11.5. The first-order valence-corrected chi connectivity index (χ1v) is 11.7. The minimum absolute atomic E-state index is 0.0310. The molecule has 0 bridgehead atoms. The summed E-state index contributed by atoms with van der Waals surface area (Å²) in [6.45, 7) is 7.38. The average molecular weight is 450 g/mol. The molecule has 0 saturated carbocycles. The Labute approximate surface area is 184 Å². The lowest BCUT2D eigenvalue weighted by Crippen LogP contribution is -2.15. The van der Waals surface area contributed by atoms with Crippen LogP contribution in [0, 0.1) is 12.8 Å². The van der Waals surface area contributed by atoms with Crippen molar-refractivity contribution >= 4 is 21.7 Å². The number of carbonyl (C=O) groups is 1. The molecule has 2 aromatic rings. The Morgan fingerprint density at radius 3 is 2.29 bits per heavy atom. The lowest BCUT2D eigenvalue weighted by Gasteiger charge is -2.10. The third kappa shape index (κ3) is 9.50. The van der Waals surface area contributed by atoms with Gasteiger partial charge < -0.3 is 14.8 Å². The Bertz CT molecular complexity index is 908. The minimum Gasteiger partial charge on any atom is -0.494 e. The molecule has 1 N–H and O–H groups in total. The number of nitrogens with one attached hydrogen (secondary N) is 1. The summed E-state index contributed by atoms with van der Waals surface area (Å²) in [6.07, 6.45) is 0.719. The van der Waals surface area contributed by atoms with Gasteiger partial charge >= 0.3 is 0 Å². The molecule has 2 rings (SSSR count). The number of rotatable bonds is 13. The van der Waals surface area contributed by atoms with E-state index in [0.717, 1.165) is 5.56 Å². The van der Waals surface area contributed by atoms with Gasteiger partial charge in [0.25, 0.3) is 10.1 Å². The van der Waals surface area contributed by atoms with E-state index in [2.05, 4.69) is 19.2 Å². The monoisotopic (exact) mass is 449 g/mol. The maximum atomic E-state index is 12.1. The molecule has 0 spiro atoms. The van der Waals surface area contributed by atoms with Crippen molar-refractivity contribution in [3.8, 4) is 5.75 Å². The molecule has 0 aliphatic heterocycles. The van der Waals surface area contributed by atoms with Crippen molar-refractivity contribution in [1.82, 2.24) is 0 Å². The van der Waals surface area contributed by atoms with Crippen LogP contribution in [0.4, 0.5) is 5.69 Å². The molecule has 170 valence electrons. The van der Waals surface area contributed by atoms with Gasteiger partial charge in [-0.1, -0.05) is 31.5 Å². The van der Waals surface area contributed by atoms with Gasteiger partial charge in [0, 0.05) is 18.7 Å². The Balaban J connectivity index is 1.65. The number of amides is 1. The molecule has 1 amide bonds. The van der Waals surface area contributed by atoms with Gasteiger partial charge in [0.15, 0.2) is 0 Å². The molecule has 0 saturated heterocycles. The van der Waals surface area contributed by atoms with Crippen molar-refractivity contribution in [2.45, 2.75) is 38.5 Å². The lowest BCUT2D eigenvalue weighted by atomic mass is 10.2. The summed E-state index contributed by atoms with van der Waals surface area (Å²) in [4.78, 5) is 12.0. The third-order valence-electron chi connectivity index (χ3n) is 4.17. The summed E-state index contributed by atoms with van der Waals surface area (Å²) in [7, 11) is -3.76. The van der Waals surface area contributed by atoms with Crippen molar-refractivity contribution in [2.24, 2.45) is 5.92 Å². The third-order valence-corrected chi connectivity index (χ3v) is 5.49. The first-order valence-electron chi connectivity index (χ1n) is 10.3. The molecule has 2 aromatic carbocycles. The summed E-state index contributed by atoms with van der Waals surface area (Å²) in [5.74, 6) is 0.962. The second kappa shape index (κ2) is 12.4. The topological polar surface area (TPSA) is 90.9 Å². The van der Waals surface area contributed by atoms with E-state index in [0.29, 0.717) is 50.0 Å². The number of hydrogen-bond donors (Lipinski definition) is 1. The van der Waals surface area contributed by atoms with E-state index in [4.69, 9.17) is 13.7 Å². The SMILES string of the molecule is Cc1ccc(S(=O)(=O)OCCCOc2ccc(NC(=O)CCOCC(C)C)cc2)cc1. The van der Waals surface area contributed by atoms with Crippen LogP contribution in [0.5, 0.6) is 5.75 Å². The number of carbonyl (C=O) groups excluding carboxylic acids is 1. The summed E-state index contributed by atoms with van der Waals surface area (Å²) >= 11 is 0. The zero-order chi connectivity index (χ0) is 22.7. The quantitative estimate of drug-likeness (QED) is 0.365. The fourth-order valence-corrected chi connectivity index (χ4v) is 3.48. The molecule has 7 nitrogen and oxygen atoms in total. The lowest BCUT2D eigenvalue weighted by molar-refractivity contribution is -0.117. The molecule has 8 heteroatoms. The molecule has 0 aliphatic carbocycles. The van der Waals surface area contributed by atoms with Crippen LogP contribution in [0.1, 0.15) is 32.3 Å². The van der Waals surface area contributed by atoms with Gasteiger partial charge in [0.2, 0.25) is 5.91 Å². The highest BCUT2D eigenvalue weighted by molar-refractivity contribution is 7.86. The highest BCUT2D eigenvalue weighted by Gasteiger charge is 2.14. The number of ether oxygens (including phenoxy) is 2. The highest BCUT2D eigenvalue weighted by atomic mass is 32.2. The number of benzene rings is 2. The van der Waals surface area contributed by atoms with Crippen LogP contribution in [0.2, 0.25) is 0 Å². The predicted molar refractivity (Wildman–Crippen MR) is 120 cm³/mol. The molecule has 0 unspecified atom stereocenters. The number of aryl methyl sites for hydroxylation is 1. The fraction of sp³-hybridized carbons (Fsp3) is 0.435. The summed E-state index contributed by atoms with van der Waals surface area (Å²) in [5, 5.41) is 2.81. The molecule has 31 heavy (non-hydrogen) atoms. The summed E-state index contributed by atoms with van der Waals surface area (Å²) in [5.41, 5.74) is 1.65. The number of anilines is 1. The van der Waals surface area contributed by atoms with Crippen molar-refractivity contribution in [3.05, 3.63) is 54.1 Å². The van der Waals surface area contributed by atoms with Crippen LogP contribution in [-0.2, 0) is 23.8 Å². The predicted octanol–water partition coefficient (Wildman–Crippen LogP) is 4.17. The maximum Gasteiger partial charge on any atom is 0.296 e. The van der Waals surface area contributed by atoms with E-state index >= 15 is 0 Å². The second-order valence-corrected chi connectivity index (χ2v) is 9.20. The molecule has 0 radical (unpaired) electrons. The first-order chi connectivity index (χ1) is 14.8. The zero-order valence-corrected chi connectivity index (χ0v) is 19.1. The van der Waals surface area contributed by atoms with Gasteiger partial charge in [-0.15, -0.1) is 0 Å². The molecular formula is C23H31NO6S. The van der Waals surface area contributed by atoms with Gasteiger partial charge in [0.05, 0.1) is 31.1 Å². The summed E-state index contributed by atoms with van der Waals surface area (Å²) < 4.78 is 40.3. The first kappa shape index (κ1) is 24.8. The highest BCUT2D eigenvalue weighted by Crippen LogP contribution is 2.17. The Hall–Kier alpha value is -2.42. The van der Waals surface area contributed by atoms with E-state index in [1.807, 2.05) is 6.92 Å². The van der Waals surface area contributed by atoms with Gasteiger partial charge in [-0.3, -0.25) is 8.98 Å². The van der Waals surface area contributed by atoms with Crippen molar-refractivity contribution in [2.75, 3.05) is 31.7 Å². The van der Waals surface area contributed by atoms with Crippen LogP contribution in [0.3, 0.4) is 0 Å². The molecular weight excluding hydrogens is 418 g/mol. The van der Waals surface area contributed by atoms with Gasteiger partial charge in [-0.25, -0.2) is 0 Å². The zero-order valence-electron chi connectivity index (χ0n) is 18.3. The standard InChI is InChI=1S/C23H31NO6S/c1-18(2)17-28-16-13-23(25)24-20-7-9-21(10-8-20)29-14-4-15-30-31(26,27)22-11-5-19(3)6-12-22/h5-12,18H,4,13-17H2,1-3H3,(H,24,25). The molecule has 0 aromatic heterocycles. The van der Waals surface area contributed by atoms with Gasteiger partial charge in [0.1, 0.15) is 5.75 Å². The molecule has 0 heterocycles. The molecule has 0 atom stereocenters. The van der Waals surface area contributed by atoms with E-state index in [9.17, 15) is 13.2 Å². The van der Waals surface area contributed by atoms with Crippen LogP contribution in [0.25, 0.3) is 0 Å². The maximum absolute atomic E-state index is 12.1. The molecule has 0 aliphatic rings. The minimum atomic E-state index is -3.76. The van der Waals surface area contributed by atoms with Crippen molar-refractivity contribution in [3.63, 3.8) is 0 Å². The Morgan fingerprint density at radius 2 is 1.65 bits per heavy atom. The van der Waals surface area contributed by atoms with Crippen molar-refractivity contribution in [1.29, 1.82) is 0 Å². The van der Waals surface area contributed by atoms with Crippen LogP contribution >= 0.6 is 0 Å². The Morgan fingerprint density at radius 1 is 0.968 bits per heavy atom. The Kier molecular flexibility index (Phi) is 9.97. The van der Waals surface area contributed by atoms with E-state index < -0.39 is 10.1 Å². The smallest absolute Gasteiger partial charge is 0.296 e. The van der Waals surface area contributed by atoms with E-state index in [1.165, 1.54) is 12.1 Å². The van der Waals surface area contributed by atoms with Crippen molar-refractivity contribution < 1.29 is 26.9 Å². The summed E-state index contributed by atoms with van der Waals surface area (Å²) in [6, 6.07) is 13.5. The fourth-order valence-electron chi connectivity index (χ4n) is 2.53. The van der Waals surface area contributed by atoms with Gasteiger partial charge in [-0.2, -0.15) is 8.42 Å². The second-order valence-electron chi connectivity index (χ2n) is 7.58. The molecule has 0 fully saturated rings. The van der Waals surface area contributed by atoms with Crippen LogP contribution in [-0.4, -0.2) is 40.8 Å². The largest absolute Gasteiger partial charge is 0.494 e. The van der Waals surface area contributed by atoms with Crippen LogP contribution in [0.15, 0.2) is 53.4 Å². The average Bonchev–Trinajstić information content (AvgIpc) is 2.72.